The van der Waals surface area contributed by atoms with E-state index in [2.05, 4.69) is 0 Å². The fourth-order valence-electron chi connectivity index (χ4n) is 15.6. The lowest BCUT2D eigenvalue weighted by molar-refractivity contribution is -0.243. The van der Waals surface area contributed by atoms with Crippen molar-refractivity contribution in [2.24, 2.45) is 94.7 Å². The Hall–Kier alpha value is 0. The normalized spacial score (nSPS) is 63.5. The van der Waals surface area contributed by atoms with E-state index in [-0.39, 0.29) is 0 Å². The summed E-state index contributed by atoms with van der Waals surface area (Å²) in [4.78, 5) is 0. The van der Waals surface area contributed by atoms with E-state index in [9.17, 15) is 0 Å². The van der Waals surface area contributed by atoms with Gasteiger partial charge in [-0.2, -0.15) is 0 Å². The minimum Gasteiger partial charge on any atom is -0.0527 e. The molecular formula is C34H52. The molecule has 0 bridgehead atoms. The monoisotopic (exact) mass is 460 g/mol. The molecule has 0 aromatic rings. The van der Waals surface area contributed by atoms with Crippen molar-refractivity contribution in [3.63, 3.8) is 0 Å². The van der Waals surface area contributed by atoms with Gasteiger partial charge in [-0.3, -0.25) is 0 Å². The van der Waals surface area contributed by atoms with E-state index in [0.29, 0.717) is 0 Å². The van der Waals surface area contributed by atoms with Crippen molar-refractivity contribution in [1.82, 2.24) is 0 Å². The van der Waals surface area contributed by atoms with Crippen LogP contribution in [-0.2, 0) is 0 Å². The molecule has 0 aromatic carbocycles. The molecule has 9 fully saturated rings. The zero-order chi connectivity index (χ0) is 22.0. The highest BCUT2D eigenvalue weighted by Crippen LogP contribution is 2.74. The summed E-state index contributed by atoms with van der Waals surface area (Å²) in [5.41, 5.74) is 0. The van der Waals surface area contributed by atoms with E-state index in [0.717, 1.165) is 11.8 Å². The molecule has 9 saturated carbocycles. The van der Waals surface area contributed by atoms with E-state index in [1.54, 1.807) is 116 Å². The molecular weight excluding hydrogens is 408 g/mol. The first-order valence-corrected chi connectivity index (χ1v) is 16.9. The third kappa shape index (κ3) is 2.64. The van der Waals surface area contributed by atoms with Crippen LogP contribution in [-0.4, -0.2) is 0 Å². The van der Waals surface area contributed by atoms with E-state index >= 15 is 0 Å². The van der Waals surface area contributed by atoms with Gasteiger partial charge < -0.3 is 0 Å². The summed E-state index contributed by atoms with van der Waals surface area (Å²) >= 11 is 0. The molecule has 9 aliphatic carbocycles. The van der Waals surface area contributed by atoms with Crippen LogP contribution >= 0.6 is 0 Å². The number of hydrogen-bond acceptors (Lipinski definition) is 0. The number of rotatable bonds is 0. The van der Waals surface area contributed by atoms with Crippen LogP contribution < -0.4 is 0 Å². The second kappa shape index (κ2) is 7.76. The highest BCUT2D eigenvalue weighted by Gasteiger charge is 2.68. The first-order chi connectivity index (χ1) is 16.9. The molecule has 16 atom stereocenters. The molecule has 0 spiro atoms. The van der Waals surface area contributed by atoms with Crippen LogP contribution in [0.3, 0.4) is 0 Å². The van der Waals surface area contributed by atoms with Gasteiger partial charge in [0, 0.05) is 0 Å². The molecule has 0 radical (unpaired) electrons. The van der Waals surface area contributed by atoms with Crippen molar-refractivity contribution < 1.29 is 0 Å². The van der Waals surface area contributed by atoms with Crippen LogP contribution in [0.1, 0.15) is 116 Å². The van der Waals surface area contributed by atoms with Crippen LogP contribution in [0.2, 0.25) is 0 Å². The lowest BCUT2D eigenvalue weighted by Gasteiger charge is -2.72. The molecule has 0 heteroatoms. The fourth-order valence-corrected chi connectivity index (χ4v) is 15.6. The number of hydrogen-bond donors (Lipinski definition) is 0. The average molecular weight is 461 g/mol. The highest BCUT2D eigenvalue weighted by atomic mass is 14.7. The molecule has 188 valence electrons. The van der Waals surface area contributed by atoms with Gasteiger partial charge in [-0.15, -0.1) is 0 Å². The maximum atomic E-state index is 1.67. The summed E-state index contributed by atoms with van der Waals surface area (Å²) in [6, 6.07) is 0. The largest absolute Gasteiger partial charge is 0.0527 e. The van der Waals surface area contributed by atoms with Crippen LogP contribution in [0, 0.1) is 94.7 Å². The molecule has 0 heterocycles. The maximum absolute atomic E-state index is 1.67. The summed E-state index contributed by atoms with van der Waals surface area (Å²) in [6.45, 7) is 0. The van der Waals surface area contributed by atoms with Crippen LogP contribution in [0.15, 0.2) is 0 Å². The van der Waals surface area contributed by atoms with Crippen molar-refractivity contribution in [2.45, 2.75) is 116 Å². The lowest BCUT2D eigenvalue weighted by atomic mass is 9.32. The van der Waals surface area contributed by atoms with Crippen molar-refractivity contribution in [1.29, 1.82) is 0 Å². The second-order valence-electron chi connectivity index (χ2n) is 15.9. The molecule has 0 N–H and O–H groups in total. The van der Waals surface area contributed by atoms with Gasteiger partial charge in [0.05, 0.1) is 0 Å². The van der Waals surface area contributed by atoms with E-state index in [4.69, 9.17) is 0 Å². The van der Waals surface area contributed by atoms with Crippen molar-refractivity contribution >= 4 is 0 Å². The molecule has 9 rings (SSSR count). The van der Waals surface area contributed by atoms with Gasteiger partial charge in [-0.25, -0.2) is 0 Å². The van der Waals surface area contributed by atoms with Gasteiger partial charge in [0.25, 0.3) is 0 Å². The van der Waals surface area contributed by atoms with E-state index < -0.39 is 0 Å². The molecule has 9 aliphatic rings. The summed E-state index contributed by atoms with van der Waals surface area (Å²) in [5.74, 6) is 18.9. The maximum Gasteiger partial charge on any atom is -0.0318 e. The van der Waals surface area contributed by atoms with Crippen molar-refractivity contribution in [3.8, 4) is 0 Å². The Morgan fingerprint density at radius 3 is 0.824 bits per heavy atom. The summed E-state index contributed by atoms with van der Waals surface area (Å²) in [7, 11) is 0. The van der Waals surface area contributed by atoms with Crippen LogP contribution in [0.4, 0.5) is 0 Å². The smallest absolute Gasteiger partial charge is 0.0318 e. The Balaban J connectivity index is 1.18. The van der Waals surface area contributed by atoms with Gasteiger partial charge >= 0.3 is 0 Å². The van der Waals surface area contributed by atoms with Crippen LogP contribution in [0.5, 0.6) is 0 Å². The zero-order valence-electron chi connectivity index (χ0n) is 22.0. The standard InChI is InChI=1S/C34H52/c1-7-19-9-3-15-25-29(19)21(11-1)23-13-5-17-27-31(23)33(25)28-18-6-14-24-22-12-2-8-20-10-4-16-26(30(20)22)34(27)32(24)28/h19-34H,1-18H2. The topological polar surface area (TPSA) is 0 Å². The van der Waals surface area contributed by atoms with E-state index in [1.165, 1.54) is 82.9 Å². The molecule has 16 unspecified atom stereocenters. The fraction of sp³-hybridized carbons (Fsp3) is 1.00. The van der Waals surface area contributed by atoms with Gasteiger partial charge in [0.1, 0.15) is 0 Å². The molecule has 34 heavy (non-hydrogen) atoms. The highest BCUT2D eigenvalue weighted by molar-refractivity contribution is 5.16. The molecule has 0 amide bonds. The SMILES string of the molecule is C1CC2CCCC3C2C(C1)C1CCCC2C1C3C1CCCC3C4CCCC5CCCC(C54)C2C31. The Morgan fingerprint density at radius 2 is 0.441 bits per heavy atom. The first kappa shape index (κ1) is 21.0. The van der Waals surface area contributed by atoms with E-state index in [1.807, 2.05) is 0 Å². The predicted octanol–water partition coefficient (Wildman–Crippen LogP) is 8.99. The van der Waals surface area contributed by atoms with Gasteiger partial charge in [-0.05, 0) is 146 Å². The van der Waals surface area contributed by atoms with Crippen molar-refractivity contribution in [3.05, 3.63) is 0 Å². The molecule has 0 nitrogen and oxygen atoms in total. The zero-order valence-corrected chi connectivity index (χ0v) is 22.0. The minimum absolute atomic E-state index is 1.16. The molecule has 0 aromatic heterocycles. The quantitative estimate of drug-likeness (QED) is 0.338. The Kier molecular flexibility index (Phi) is 4.79. The van der Waals surface area contributed by atoms with Gasteiger partial charge in [0.15, 0.2) is 0 Å². The lowest BCUT2D eigenvalue weighted by Crippen LogP contribution is -2.67. The Bertz CT molecular complexity index is 728. The Morgan fingerprint density at radius 1 is 0.206 bits per heavy atom. The summed E-state index contributed by atoms with van der Waals surface area (Å²) in [6.07, 6.45) is 29.4. The van der Waals surface area contributed by atoms with Gasteiger partial charge in [-0.1, -0.05) is 64.2 Å². The summed E-state index contributed by atoms with van der Waals surface area (Å²) < 4.78 is 0. The third-order valence-corrected chi connectivity index (χ3v) is 15.6. The van der Waals surface area contributed by atoms with Crippen molar-refractivity contribution in [2.75, 3.05) is 0 Å². The minimum atomic E-state index is 1.16. The average Bonchev–Trinajstić information content (AvgIpc) is 2.90. The summed E-state index contributed by atoms with van der Waals surface area (Å²) in [5, 5.41) is 0. The molecule has 0 aliphatic heterocycles. The Labute approximate surface area is 210 Å². The number of fused-ring (bicyclic) bond motifs is 6. The predicted molar refractivity (Wildman–Crippen MR) is 139 cm³/mol. The first-order valence-electron chi connectivity index (χ1n) is 16.9. The van der Waals surface area contributed by atoms with Crippen LogP contribution in [0.25, 0.3) is 0 Å². The molecule has 0 saturated heterocycles. The van der Waals surface area contributed by atoms with Gasteiger partial charge in [0.2, 0.25) is 0 Å². The second-order valence-corrected chi connectivity index (χ2v) is 15.9. The third-order valence-electron chi connectivity index (χ3n) is 15.6.